The van der Waals surface area contributed by atoms with Gasteiger partial charge in [0.2, 0.25) is 5.91 Å². The molecule has 6 heteroatoms. The van der Waals surface area contributed by atoms with Crippen LogP contribution in [0.25, 0.3) is 11.6 Å². The van der Waals surface area contributed by atoms with E-state index in [2.05, 4.69) is 9.97 Å². The molecule has 0 aliphatic carbocycles. The molecule has 0 fully saturated rings. The van der Waals surface area contributed by atoms with E-state index in [9.17, 15) is 4.79 Å². The Morgan fingerprint density at radius 3 is 2.62 bits per heavy atom. The van der Waals surface area contributed by atoms with Crippen LogP contribution in [0.5, 0.6) is 5.75 Å². The first kappa shape index (κ1) is 15.0. The maximum Gasteiger partial charge on any atom is 0.219 e. The maximum absolute atomic E-state index is 11.4. The van der Waals surface area contributed by atoms with E-state index in [1.54, 1.807) is 42.6 Å². The Kier molecular flexibility index (Phi) is 4.92. The summed E-state index contributed by atoms with van der Waals surface area (Å²) in [4.78, 5) is 21.5. The molecule has 1 amide bonds. The van der Waals surface area contributed by atoms with Crippen LogP contribution in [0.2, 0.25) is 0 Å². The molecular formula is C15H19N3O3. The zero-order chi connectivity index (χ0) is 15.2. The normalized spacial score (nSPS) is 10.7. The van der Waals surface area contributed by atoms with Gasteiger partial charge in [-0.15, -0.1) is 0 Å². The first-order chi connectivity index (χ1) is 10.1. The van der Waals surface area contributed by atoms with Crippen molar-refractivity contribution in [1.82, 2.24) is 14.9 Å². The molecule has 0 N–H and O–H groups in total. The van der Waals surface area contributed by atoms with Crippen LogP contribution < -0.4 is 4.74 Å². The quantitative estimate of drug-likeness (QED) is 0.816. The van der Waals surface area contributed by atoms with Crippen LogP contribution in [0.15, 0.2) is 35.2 Å². The number of nitrogens with zero attached hydrogens (tertiary/aromatic N) is 3. The molecule has 0 spiro atoms. The average molecular weight is 289 g/mol. The smallest absolute Gasteiger partial charge is 0.219 e. The summed E-state index contributed by atoms with van der Waals surface area (Å²) in [6.07, 6.45) is 4.77. The second-order valence-electron chi connectivity index (χ2n) is 4.87. The topological polar surface area (TPSA) is 68.5 Å². The highest BCUT2D eigenvalue weighted by molar-refractivity contribution is 5.73. The highest BCUT2D eigenvalue weighted by atomic mass is 16.5. The van der Waals surface area contributed by atoms with Crippen molar-refractivity contribution in [1.29, 1.82) is 0 Å². The number of hydrogen-bond acceptors (Lipinski definition) is 5. The van der Waals surface area contributed by atoms with Gasteiger partial charge in [0, 0.05) is 13.0 Å². The fourth-order valence-corrected chi connectivity index (χ4v) is 1.96. The van der Waals surface area contributed by atoms with E-state index in [-0.39, 0.29) is 11.9 Å². The largest absolute Gasteiger partial charge is 0.489 e. The van der Waals surface area contributed by atoms with Crippen molar-refractivity contribution in [2.45, 2.75) is 26.8 Å². The number of carbonyl (C=O) groups is 1. The lowest BCUT2D eigenvalue weighted by atomic mass is 10.3. The third kappa shape index (κ3) is 4.05. The molecule has 2 rings (SSSR count). The fraction of sp³-hybridized carbons (Fsp3) is 0.400. The van der Waals surface area contributed by atoms with Gasteiger partial charge in [0.25, 0.3) is 0 Å². The predicted molar refractivity (Wildman–Crippen MR) is 77.8 cm³/mol. The molecule has 0 aromatic carbocycles. The lowest BCUT2D eigenvalue weighted by Crippen LogP contribution is -2.38. The lowest BCUT2D eigenvalue weighted by molar-refractivity contribution is -0.130. The molecule has 2 aromatic rings. The van der Waals surface area contributed by atoms with Gasteiger partial charge < -0.3 is 14.1 Å². The summed E-state index contributed by atoms with van der Waals surface area (Å²) in [7, 11) is 0. The third-order valence-corrected chi connectivity index (χ3v) is 3.00. The second kappa shape index (κ2) is 6.88. The summed E-state index contributed by atoms with van der Waals surface area (Å²) in [6, 6.07) is 3.73. The summed E-state index contributed by atoms with van der Waals surface area (Å²) >= 11 is 0. The van der Waals surface area contributed by atoms with Crippen LogP contribution in [0, 0.1) is 0 Å². The predicted octanol–water partition coefficient (Wildman–Crippen LogP) is 2.37. The number of ether oxygens (including phenoxy) is 1. The number of hydrogen-bond donors (Lipinski definition) is 0. The van der Waals surface area contributed by atoms with Crippen LogP contribution in [-0.2, 0) is 4.79 Å². The van der Waals surface area contributed by atoms with Gasteiger partial charge in [-0.05, 0) is 26.0 Å². The van der Waals surface area contributed by atoms with Crippen molar-refractivity contribution in [3.8, 4) is 17.3 Å². The van der Waals surface area contributed by atoms with E-state index >= 15 is 0 Å². The average Bonchev–Trinajstić information content (AvgIpc) is 2.97. The molecular weight excluding hydrogens is 270 g/mol. The Hall–Kier alpha value is -2.37. The SMILES string of the molecule is CC(=O)N(CCOc1cnc(-c2ccco2)nc1)C(C)C. The molecule has 0 saturated heterocycles. The van der Waals surface area contributed by atoms with Gasteiger partial charge in [-0.25, -0.2) is 9.97 Å². The van der Waals surface area contributed by atoms with E-state index < -0.39 is 0 Å². The minimum absolute atomic E-state index is 0.0398. The maximum atomic E-state index is 11.4. The number of carbonyl (C=O) groups excluding carboxylic acids is 1. The van der Waals surface area contributed by atoms with Gasteiger partial charge >= 0.3 is 0 Å². The number of rotatable bonds is 6. The second-order valence-corrected chi connectivity index (χ2v) is 4.87. The van der Waals surface area contributed by atoms with Crippen molar-refractivity contribution in [3.05, 3.63) is 30.8 Å². The van der Waals surface area contributed by atoms with Crippen molar-refractivity contribution >= 4 is 5.91 Å². The zero-order valence-electron chi connectivity index (χ0n) is 12.4. The molecule has 112 valence electrons. The molecule has 0 unspecified atom stereocenters. The molecule has 0 radical (unpaired) electrons. The fourth-order valence-electron chi connectivity index (χ4n) is 1.96. The molecule has 0 atom stereocenters. The van der Waals surface area contributed by atoms with Crippen LogP contribution in [0.3, 0.4) is 0 Å². The van der Waals surface area contributed by atoms with Crippen molar-refractivity contribution in [2.75, 3.05) is 13.2 Å². The van der Waals surface area contributed by atoms with E-state index in [0.717, 1.165) is 0 Å². The van der Waals surface area contributed by atoms with Gasteiger partial charge in [0.15, 0.2) is 17.3 Å². The molecule has 2 aromatic heterocycles. The van der Waals surface area contributed by atoms with E-state index in [0.29, 0.717) is 30.5 Å². The Morgan fingerprint density at radius 2 is 2.10 bits per heavy atom. The highest BCUT2D eigenvalue weighted by Crippen LogP contribution is 2.16. The Bertz CT molecular complexity index is 564. The lowest BCUT2D eigenvalue weighted by Gasteiger charge is -2.25. The number of amides is 1. The van der Waals surface area contributed by atoms with E-state index in [1.165, 1.54) is 0 Å². The summed E-state index contributed by atoms with van der Waals surface area (Å²) < 4.78 is 10.8. The molecule has 0 aliphatic rings. The minimum Gasteiger partial charge on any atom is -0.489 e. The van der Waals surface area contributed by atoms with Crippen molar-refractivity contribution in [2.24, 2.45) is 0 Å². The van der Waals surface area contributed by atoms with E-state index in [4.69, 9.17) is 9.15 Å². The third-order valence-electron chi connectivity index (χ3n) is 3.00. The first-order valence-electron chi connectivity index (χ1n) is 6.84. The number of aromatic nitrogens is 2. The van der Waals surface area contributed by atoms with Crippen molar-refractivity contribution < 1.29 is 13.9 Å². The van der Waals surface area contributed by atoms with Crippen LogP contribution in [0.1, 0.15) is 20.8 Å². The Labute approximate surface area is 123 Å². The summed E-state index contributed by atoms with van der Waals surface area (Å²) in [6.45, 7) is 6.45. The summed E-state index contributed by atoms with van der Waals surface area (Å²) in [5.41, 5.74) is 0. The summed E-state index contributed by atoms with van der Waals surface area (Å²) in [5, 5.41) is 0. The molecule has 0 aliphatic heterocycles. The zero-order valence-corrected chi connectivity index (χ0v) is 12.4. The van der Waals surface area contributed by atoms with E-state index in [1.807, 2.05) is 13.8 Å². The molecule has 0 bridgehead atoms. The first-order valence-corrected chi connectivity index (χ1v) is 6.84. The standard InChI is InChI=1S/C15H19N3O3/c1-11(2)18(12(3)19)6-8-20-13-9-16-15(17-10-13)14-5-4-7-21-14/h4-5,7,9-11H,6,8H2,1-3H3. The van der Waals surface area contributed by atoms with Crippen molar-refractivity contribution in [3.63, 3.8) is 0 Å². The van der Waals surface area contributed by atoms with Crippen LogP contribution >= 0.6 is 0 Å². The molecule has 6 nitrogen and oxygen atoms in total. The van der Waals surface area contributed by atoms with Crippen LogP contribution in [-0.4, -0.2) is 40.0 Å². The summed E-state index contributed by atoms with van der Waals surface area (Å²) in [5.74, 6) is 1.74. The molecule has 2 heterocycles. The monoisotopic (exact) mass is 289 g/mol. The van der Waals surface area contributed by atoms with Gasteiger partial charge in [-0.2, -0.15) is 0 Å². The van der Waals surface area contributed by atoms with Gasteiger partial charge in [-0.1, -0.05) is 0 Å². The number of furan rings is 1. The molecule has 21 heavy (non-hydrogen) atoms. The Morgan fingerprint density at radius 1 is 1.38 bits per heavy atom. The van der Waals surface area contributed by atoms with Gasteiger partial charge in [-0.3, -0.25) is 4.79 Å². The van der Waals surface area contributed by atoms with Gasteiger partial charge in [0.1, 0.15) is 6.61 Å². The van der Waals surface area contributed by atoms with Gasteiger partial charge in [0.05, 0.1) is 25.2 Å². The Balaban J connectivity index is 1.88. The highest BCUT2D eigenvalue weighted by Gasteiger charge is 2.12. The molecule has 0 saturated carbocycles. The van der Waals surface area contributed by atoms with Crippen LogP contribution in [0.4, 0.5) is 0 Å². The minimum atomic E-state index is 0.0398.